The smallest absolute Gasteiger partial charge is 0.352 e. The highest BCUT2D eigenvalue weighted by atomic mass is 16.4. The maximum absolute atomic E-state index is 14.2. The molecule has 1 aromatic rings. The van der Waals surface area contributed by atoms with Crippen LogP contribution in [0.3, 0.4) is 0 Å². The van der Waals surface area contributed by atoms with Gasteiger partial charge in [0.15, 0.2) is 5.96 Å². The second kappa shape index (κ2) is 34.2. The van der Waals surface area contributed by atoms with Crippen molar-refractivity contribution in [2.45, 2.75) is 132 Å². The molecular formula is C47H77N17O11. The van der Waals surface area contributed by atoms with Crippen LogP contribution in [-0.2, 0) is 49.6 Å². The zero-order valence-electron chi connectivity index (χ0n) is 42.4. The molecule has 75 heavy (non-hydrogen) atoms. The number of carbonyl (C=O) groups excluding carboxylic acids is 8. The van der Waals surface area contributed by atoms with Crippen LogP contribution in [0.1, 0.15) is 88.7 Å². The van der Waals surface area contributed by atoms with Gasteiger partial charge in [0.1, 0.15) is 41.9 Å². The first-order chi connectivity index (χ1) is 35.7. The highest BCUT2D eigenvalue weighted by molar-refractivity contribution is 5.99. The van der Waals surface area contributed by atoms with Crippen molar-refractivity contribution in [1.82, 2.24) is 47.4 Å². The molecule has 1 heterocycles. The number of likely N-dealkylation sites (tertiary alicyclic amines) is 1. The summed E-state index contributed by atoms with van der Waals surface area (Å²) in [7, 11) is 0. The molecule has 0 saturated carbocycles. The third-order valence-electron chi connectivity index (χ3n) is 11.9. The molecule has 8 atom stereocenters. The second-order valence-corrected chi connectivity index (χ2v) is 17.8. The van der Waals surface area contributed by atoms with E-state index >= 15 is 0 Å². The number of carbonyl (C=O) groups is 9. The average Bonchev–Trinajstić information content (AvgIpc) is 3.88. The predicted molar refractivity (Wildman–Crippen MR) is 273 cm³/mol. The minimum Gasteiger partial charge on any atom is -0.477 e. The monoisotopic (exact) mass is 1060 g/mol. The predicted octanol–water partition coefficient (Wildman–Crippen LogP) is -5.75. The summed E-state index contributed by atoms with van der Waals surface area (Å²) in [6.45, 7) is 1.14. The first kappa shape index (κ1) is 63.8. The first-order valence-electron chi connectivity index (χ1n) is 24.9. The molecule has 28 nitrogen and oxygen atoms in total. The van der Waals surface area contributed by atoms with Gasteiger partial charge in [-0.1, -0.05) is 24.6 Å². The van der Waals surface area contributed by atoms with Crippen LogP contribution in [-0.4, -0.2) is 169 Å². The topological polar surface area (TPSA) is 497 Å². The fraction of sp³-hybridized carbons (Fsp3) is 0.596. The first-order valence-corrected chi connectivity index (χ1v) is 24.9. The highest BCUT2D eigenvalue weighted by Gasteiger charge is 2.39. The van der Waals surface area contributed by atoms with Gasteiger partial charge in [-0.25, -0.2) is 4.79 Å². The number of aliphatic hydroxyl groups excluding tert-OH is 1. The van der Waals surface area contributed by atoms with E-state index in [0.29, 0.717) is 44.2 Å². The van der Waals surface area contributed by atoms with Crippen molar-refractivity contribution in [3.63, 3.8) is 0 Å². The zero-order chi connectivity index (χ0) is 56.0. The lowest BCUT2D eigenvalue weighted by Crippen LogP contribution is -2.60. The Labute approximate surface area is 435 Å². The van der Waals surface area contributed by atoms with Gasteiger partial charge in [-0.05, 0) is 108 Å². The van der Waals surface area contributed by atoms with Gasteiger partial charge >= 0.3 is 5.97 Å². The number of benzene rings is 1. The van der Waals surface area contributed by atoms with E-state index < -0.39 is 120 Å². The molecule has 0 radical (unpaired) electrons. The van der Waals surface area contributed by atoms with E-state index in [0.717, 1.165) is 0 Å². The van der Waals surface area contributed by atoms with Crippen LogP contribution in [0.5, 0.6) is 0 Å². The van der Waals surface area contributed by atoms with E-state index in [1.165, 1.54) is 30.0 Å². The average molecular weight is 1060 g/mol. The number of rotatable bonds is 34. The van der Waals surface area contributed by atoms with Crippen LogP contribution in [0.15, 0.2) is 36.0 Å². The van der Waals surface area contributed by atoms with Crippen molar-refractivity contribution in [3.05, 3.63) is 47.2 Å². The summed E-state index contributed by atoms with van der Waals surface area (Å²) in [5.74, 6) is -8.31. The lowest BCUT2D eigenvalue weighted by atomic mass is 10.0. The second-order valence-electron chi connectivity index (χ2n) is 17.8. The van der Waals surface area contributed by atoms with Crippen LogP contribution < -0.4 is 76.9 Å². The third kappa shape index (κ3) is 22.8. The third-order valence-corrected chi connectivity index (χ3v) is 11.9. The molecule has 1 aliphatic heterocycles. The molecule has 0 bridgehead atoms. The van der Waals surface area contributed by atoms with Gasteiger partial charge in [0.05, 0.1) is 30.3 Å². The summed E-state index contributed by atoms with van der Waals surface area (Å²) in [5, 5.41) is 56.9. The number of nitrogens with two attached hydrogens (primary N) is 6. The molecule has 0 aliphatic carbocycles. The number of unbranched alkanes of at least 4 members (excludes halogenated alkanes) is 2. The minimum absolute atomic E-state index is 0.0203. The fourth-order valence-electron chi connectivity index (χ4n) is 7.74. The van der Waals surface area contributed by atoms with Crippen molar-refractivity contribution in [3.8, 4) is 6.07 Å². The molecule has 2 rings (SSSR count). The van der Waals surface area contributed by atoms with Crippen molar-refractivity contribution >= 4 is 59.2 Å². The molecule has 1 aliphatic rings. The number of nitrogens with one attached hydrogen (secondary N) is 9. The van der Waals surface area contributed by atoms with Crippen LogP contribution in [0, 0.1) is 16.7 Å². The number of hydrogen-bond acceptors (Lipinski definition) is 17. The summed E-state index contributed by atoms with van der Waals surface area (Å²) < 4.78 is 0. The van der Waals surface area contributed by atoms with Gasteiger partial charge in [0, 0.05) is 26.1 Å². The van der Waals surface area contributed by atoms with Crippen LogP contribution in [0.2, 0.25) is 0 Å². The van der Waals surface area contributed by atoms with Crippen LogP contribution in [0.25, 0.3) is 0 Å². The number of aliphatic hydroxyl groups is 1. The minimum atomic E-state index is -1.57. The lowest BCUT2D eigenvalue weighted by Gasteiger charge is -2.30. The van der Waals surface area contributed by atoms with Crippen molar-refractivity contribution in [2.24, 2.45) is 34.4 Å². The van der Waals surface area contributed by atoms with Crippen molar-refractivity contribution in [2.75, 3.05) is 45.8 Å². The van der Waals surface area contributed by atoms with Gasteiger partial charge in [-0.15, -0.1) is 0 Å². The van der Waals surface area contributed by atoms with Gasteiger partial charge in [-0.2, -0.15) is 5.26 Å². The SMILES string of the molecule is C[C@H](NC(=O)[C@@H](NC(=O)[C@@H](N)CCCCN)[C@@H](O)CN)C(=O)NCC(=O)N[C@H](CCCN)C(=O)N1CCC[C@H]1C(=O)N[C@@H](Cc1cccc(C#N)c1)C(=O)N[C@@H](CCCCN)C(=O)N/C(=C\CCNC(=N)N)C(=O)O. The Balaban J connectivity index is 2.28. The van der Waals surface area contributed by atoms with Crippen molar-refractivity contribution < 1.29 is 53.4 Å². The molecule has 23 N–H and O–H groups in total. The van der Waals surface area contributed by atoms with E-state index in [-0.39, 0.29) is 82.6 Å². The summed E-state index contributed by atoms with van der Waals surface area (Å²) in [5.41, 5.74) is 33.9. The molecule has 416 valence electrons. The van der Waals surface area contributed by atoms with Crippen LogP contribution in [0.4, 0.5) is 0 Å². The molecule has 0 aromatic heterocycles. The number of nitriles is 1. The molecule has 28 heteroatoms. The molecule has 1 saturated heterocycles. The quantitative estimate of drug-likeness (QED) is 0.0132. The van der Waals surface area contributed by atoms with E-state index in [1.807, 2.05) is 6.07 Å². The molecule has 0 unspecified atom stereocenters. The number of aliphatic carboxylic acids is 1. The van der Waals surface area contributed by atoms with Gasteiger partial charge in [0.2, 0.25) is 47.3 Å². The van der Waals surface area contributed by atoms with E-state index in [2.05, 4.69) is 42.5 Å². The Morgan fingerprint density at radius 1 is 0.813 bits per heavy atom. The number of guanidine groups is 1. The molecule has 1 fully saturated rings. The lowest BCUT2D eigenvalue weighted by molar-refractivity contribution is -0.142. The van der Waals surface area contributed by atoms with Crippen LogP contribution >= 0.6 is 0 Å². The maximum Gasteiger partial charge on any atom is 0.352 e. The summed E-state index contributed by atoms with van der Waals surface area (Å²) >= 11 is 0. The number of hydrogen-bond donors (Lipinski definition) is 17. The molecule has 1 aromatic carbocycles. The normalized spacial score (nSPS) is 16.0. The van der Waals surface area contributed by atoms with Gasteiger partial charge < -0.3 is 92.0 Å². The van der Waals surface area contributed by atoms with E-state index in [4.69, 9.17) is 39.8 Å². The molecule has 8 amide bonds. The summed E-state index contributed by atoms with van der Waals surface area (Å²) in [4.78, 5) is 122. The summed E-state index contributed by atoms with van der Waals surface area (Å²) in [6.07, 6.45) is 2.56. The molecule has 0 spiro atoms. The Morgan fingerprint density at radius 3 is 2.11 bits per heavy atom. The number of carboxylic acids is 1. The Hall–Kier alpha value is -7.29. The number of nitrogens with zero attached hydrogens (tertiary/aromatic N) is 2. The van der Waals surface area contributed by atoms with E-state index in [1.54, 1.807) is 12.1 Å². The summed E-state index contributed by atoms with van der Waals surface area (Å²) in [6, 6.07) is -0.733. The van der Waals surface area contributed by atoms with Gasteiger partial charge in [-0.3, -0.25) is 43.8 Å². The standard InChI is InChI=1S/C47H77N17O11/c1-27(58-44(72)38(36(65)25-52)63-40(68)30(53)12-2-4-17-48)39(67)57-26-37(66)59-32(14-7-19-50)45(73)64-21-9-16-35(64)43(71)62-34(23-28-10-6-11-29(22-28)24-51)42(70)60-31(13-3-5-18-49)41(69)61-33(46(74)75)15-8-20-56-47(54)55/h6,10-11,15,22,27,30-32,34-36,38,65H,2-5,7-9,12-14,16-21,23,25-26,48-50,52-53H2,1H3,(H,57,67)(H,58,72)(H,59,66)(H,60,70)(H,61,69)(H,62,71)(H,63,68)(H,74,75)(H4,54,55,56)/b33-15-/t27-,30-,31-,32+,34-,35-,36-,38-/m0/s1. The zero-order valence-corrected chi connectivity index (χ0v) is 42.4. The van der Waals surface area contributed by atoms with Gasteiger partial charge in [0.25, 0.3) is 0 Å². The molecular weight excluding hydrogens is 979 g/mol. The number of carboxylic acid groups (broad SMARTS) is 1. The van der Waals surface area contributed by atoms with E-state index in [9.17, 15) is 58.6 Å². The van der Waals surface area contributed by atoms with Crippen molar-refractivity contribution in [1.29, 1.82) is 10.7 Å². The maximum atomic E-state index is 14.2. The fourth-order valence-corrected chi connectivity index (χ4v) is 7.74. The Bertz CT molecular complexity index is 2190. The Morgan fingerprint density at radius 2 is 1.48 bits per heavy atom. The highest BCUT2D eigenvalue weighted by Crippen LogP contribution is 2.21. The largest absolute Gasteiger partial charge is 0.477 e. The number of amides is 8. The Kier molecular flexibility index (Phi) is 29.1.